The summed E-state index contributed by atoms with van der Waals surface area (Å²) in [5.41, 5.74) is 2.24. The van der Waals surface area contributed by atoms with Crippen LogP contribution in [0.3, 0.4) is 0 Å². The van der Waals surface area contributed by atoms with Gasteiger partial charge in [-0.3, -0.25) is 4.79 Å². The Bertz CT molecular complexity index is 1060. The molecule has 0 aliphatic heterocycles. The summed E-state index contributed by atoms with van der Waals surface area (Å²) in [6.07, 6.45) is 3.79. The van der Waals surface area contributed by atoms with E-state index in [1.165, 1.54) is 19.2 Å². The van der Waals surface area contributed by atoms with Crippen molar-refractivity contribution in [2.24, 2.45) is 5.92 Å². The van der Waals surface area contributed by atoms with Crippen molar-refractivity contribution < 1.29 is 23.4 Å². The standard InChI is InChI=1S/C22H20ClFO4/c1-12(22(23)25)20-15(10-14-5-6-16(24)11-17(14)20)7-13-8-18(26-2)21(28-4)19(9-13)27-3/h5-12H,1-4H3/b15-7-. The van der Waals surface area contributed by atoms with Crippen molar-refractivity contribution in [2.75, 3.05) is 21.3 Å². The summed E-state index contributed by atoms with van der Waals surface area (Å²) < 4.78 is 30.0. The van der Waals surface area contributed by atoms with E-state index in [4.69, 9.17) is 25.8 Å². The van der Waals surface area contributed by atoms with Gasteiger partial charge in [0.2, 0.25) is 11.0 Å². The predicted octanol–water partition coefficient (Wildman–Crippen LogP) is 3.28. The van der Waals surface area contributed by atoms with Gasteiger partial charge in [0.25, 0.3) is 0 Å². The van der Waals surface area contributed by atoms with Gasteiger partial charge >= 0.3 is 0 Å². The zero-order chi connectivity index (χ0) is 20.4. The van der Waals surface area contributed by atoms with Crippen LogP contribution in [-0.2, 0) is 4.79 Å². The van der Waals surface area contributed by atoms with E-state index in [0.29, 0.717) is 28.0 Å². The molecule has 1 aliphatic rings. The Hall–Kier alpha value is -2.79. The van der Waals surface area contributed by atoms with Crippen LogP contribution in [0.5, 0.6) is 17.2 Å². The second-order valence-electron chi connectivity index (χ2n) is 6.37. The quantitative estimate of drug-likeness (QED) is 0.696. The number of carbonyl (C=O) groups is 1. The van der Waals surface area contributed by atoms with Crippen molar-refractivity contribution in [2.45, 2.75) is 6.92 Å². The molecule has 28 heavy (non-hydrogen) atoms. The maximum absolute atomic E-state index is 13.8. The largest absolute Gasteiger partial charge is 0.493 e. The summed E-state index contributed by atoms with van der Waals surface area (Å²) in [6.45, 7) is 1.71. The fraction of sp³-hybridized carbons (Fsp3) is 0.227. The Morgan fingerprint density at radius 2 is 1.71 bits per heavy atom. The van der Waals surface area contributed by atoms with Crippen LogP contribution in [0, 0.1) is 11.7 Å². The number of benzene rings is 2. The van der Waals surface area contributed by atoms with E-state index < -0.39 is 11.2 Å². The number of ether oxygens (including phenoxy) is 3. The second kappa shape index (κ2) is 8.07. The number of hydrogen-bond acceptors (Lipinski definition) is 4. The molecule has 2 aromatic carbocycles. The minimum Gasteiger partial charge on any atom is -0.493 e. The Labute approximate surface area is 167 Å². The molecule has 0 radical (unpaired) electrons. The highest BCUT2D eigenvalue weighted by Gasteiger charge is 2.23. The first-order valence-corrected chi connectivity index (χ1v) is 9.00. The third-order valence-corrected chi connectivity index (χ3v) is 5.04. The van der Waals surface area contributed by atoms with E-state index in [-0.39, 0.29) is 5.82 Å². The number of fused-ring (bicyclic) bond motifs is 1. The van der Waals surface area contributed by atoms with Gasteiger partial charge in [0.1, 0.15) is 5.82 Å². The van der Waals surface area contributed by atoms with Crippen LogP contribution in [0.15, 0.2) is 35.9 Å². The smallest absolute Gasteiger partial charge is 0.228 e. The molecular weight excluding hydrogens is 383 g/mol. The number of carbonyl (C=O) groups excluding carboxylic acids is 1. The van der Waals surface area contributed by atoms with Crippen LogP contribution < -0.4 is 24.6 Å². The Kier molecular flexibility index (Phi) is 5.75. The summed E-state index contributed by atoms with van der Waals surface area (Å²) in [4.78, 5) is 11.9. The van der Waals surface area contributed by atoms with Gasteiger partial charge in [-0.25, -0.2) is 4.39 Å². The van der Waals surface area contributed by atoms with Gasteiger partial charge in [-0.15, -0.1) is 0 Å². The van der Waals surface area contributed by atoms with Crippen LogP contribution in [0.2, 0.25) is 0 Å². The summed E-state index contributed by atoms with van der Waals surface area (Å²) in [6, 6.07) is 8.11. The molecule has 4 nitrogen and oxygen atoms in total. The van der Waals surface area contributed by atoms with Crippen LogP contribution in [-0.4, -0.2) is 26.6 Å². The third-order valence-electron chi connectivity index (χ3n) is 4.71. The molecule has 0 amide bonds. The SMILES string of the molecule is COc1cc(/C=C2/C=c3ccc(F)cc3=C2C(C)C(=O)Cl)cc(OC)c1OC. The molecule has 1 unspecified atom stereocenters. The van der Waals surface area contributed by atoms with E-state index in [2.05, 4.69) is 0 Å². The molecule has 146 valence electrons. The first-order valence-electron chi connectivity index (χ1n) is 8.62. The number of hydrogen-bond donors (Lipinski definition) is 0. The highest BCUT2D eigenvalue weighted by Crippen LogP contribution is 2.39. The Morgan fingerprint density at radius 1 is 1.07 bits per heavy atom. The van der Waals surface area contributed by atoms with Crippen molar-refractivity contribution >= 4 is 34.6 Å². The topological polar surface area (TPSA) is 44.8 Å². The number of methoxy groups -OCH3 is 3. The molecule has 0 saturated carbocycles. The van der Waals surface area contributed by atoms with Gasteiger partial charge < -0.3 is 14.2 Å². The lowest BCUT2D eigenvalue weighted by atomic mass is 9.94. The average molecular weight is 403 g/mol. The number of halogens is 2. The fourth-order valence-corrected chi connectivity index (χ4v) is 3.48. The second-order valence-corrected chi connectivity index (χ2v) is 6.75. The normalized spacial score (nSPS) is 15.1. The van der Waals surface area contributed by atoms with Crippen molar-refractivity contribution in [1.82, 2.24) is 0 Å². The van der Waals surface area contributed by atoms with Crippen molar-refractivity contribution in [3.63, 3.8) is 0 Å². The lowest BCUT2D eigenvalue weighted by Gasteiger charge is -2.14. The van der Waals surface area contributed by atoms with Gasteiger partial charge in [0.15, 0.2) is 11.5 Å². The summed E-state index contributed by atoms with van der Waals surface area (Å²) in [5.74, 6) is 0.556. The molecule has 6 heteroatoms. The molecule has 0 aromatic heterocycles. The maximum Gasteiger partial charge on any atom is 0.228 e. The predicted molar refractivity (Wildman–Crippen MR) is 108 cm³/mol. The average Bonchev–Trinajstić information content (AvgIpc) is 3.03. The summed E-state index contributed by atoms with van der Waals surface area (Å²) >= 11 is 5.77. The first kappa shape index (κ1) is 20.0. The number of rotatable bonds is 6. The Morgan fingerprint density at radius 3 is 2.25 bits per heavy atom. The lowest BCUT2D eigenvalue weighted by molar-refractivity contribution is -0.113. The van der Waals surface area contributed by atoms with Crippen molar-refractivity contribution in [3.8, 4) is 17.2 Å². The minimum absolute atomic E-state index is 0.368. The molecule has 0 heterocycles. The molecule has 1 aliphatic carbocycles. The third kappa shape index (κ3) is 3.62. The molecule has 0 saturated heterocycles. The van der Waals surface area contributed by atoms with Gasteiger partial charge in [-0.2, -0.15) is 0 Å². The first-order chi connectivity index (χ1) is 13.4. The van der Waals surface area contributed by atoms with Crippen LogP contribution in [0.1, 0.15) is 12.5 Å². The molecule has 1 atom stereocenters. The Balaban J connectivity index is 2.23. The van der Waals surface area contributed by atoms with E-state index >= 15 is 0 Å². The van der Waals surface area contributed by atoms with E-state index in [1.54, 1.807) is 39.3 Å². The van der Waals surface area contributed by atoms with E-state index in [9.17, 15) is 9.18 Å². The van der Waals surface area contributed by atoms with E-state index in [1.807, 2.05) is 12.2 Å². The van der Waals surface area contributed by atoms with Gasteiger partial charge in [0, 0.05) is 0 Å². The van der Waals surface area contributed by atoms with Crippen LogP contribution in [0.25, 0.3) is 17.7 Å². The van der Waals surface area contributed by atoms with Crippen LogP contribution in [0.4, 0.5) is 4.39 Å². The summed E-state index contributed by atoms with van der Waals surface area (Å²) in [5, 5.41) is 0.997. The molecule has 3 rings (SSSR count). The molecule has 2 aromatic rings. The van der Waals surface area contributed by atoms with E-state index in [0.717, 1.165) is 16.4 Å². The fourth-order valence-electron chi connectivity index (χ4n) is 3.37. The highest BCUT2D eigenvalue weighted by molar-refractivity contribution is 6.64. The van der Waals surface area contributed by atoms with Gasteiger partial charge in [-0.05, 0) is 75.2 Å². The molecule has 0 spiro atoms. The number of allylic oxidation sites excluding steroid dienone is 1. The summed E-state index contributed by atoms with van der Waals surface area (Å²) in [7, 11) is 4.62. The maximum atomic E-state index is 13.8. The van der Waals surface area contributed by atoms with Gasteiger partial charge in [-0.1, -0.05) is 13.0 Å². The van der Waals surface area contributed by atoms with Gasteiger partial charge in [0.05, 0.1) is 27.2 Å². The highest BCUT2D eigenvalue weighted by atomic mass is 35.5. The molecule has 0 fully saturated rings. The zero-order valence-corrected chi connectivity index (χ0v) is 16.8. The molecule has 0 N–H and O–H groups in total. The molecule has 0 bridgehead atoms. The monoisotopic (exact) mass is 402 g/mol. The van der Waals surface area contributed by atoms with Crippen LogP contribution >= 0.6 is 11.6 Å². The molecular formula is C22H20ClFO4. The van der Waals surface area contributed by atoms with Crippen molar-refractivity contribution in [1.29, 1.82) is 0 Å². The minimum atomic E-state index is -0.589. The lowest BCUT2D eigenvalue weighted by Crippen LogP contribution is -2.25. The van der Waals surface area contributed by atoms with Crippen molar-refractivity contribution in [3.05, 3.63) is 57.7 Å². The zero-order valence-electron chi connectivity index (χ0n) is 16.0.